The molecular weight excluding hydrogens is 238 g/mol. The molecule has 4 heteroatoms. The minimum Gasteiger partial charge on any atom is -0.480 e. The molecule has 12 heavy (non-hydrogen) atoms. The molecule has 0 aromatic carbocycles. The Kier molecular flexibility index (Phi) is 2.02. The van der Waals surface area contributed by atoms with Gasteiger partial charge in [-0.05, 0) is 33.4 Å². The van der Waals surface area contributed by atoms with Gasteiger partial charge in [-0.25, -0.2) is 4.98 Å². The normalized spacial score (nSPS) is 10.5. The van der Waals surface area contributed by atoms with Gasteiger partial charge in [0.05, 0.1) is 21.8 Å². The van der Waals surface area contributed by atoms with Crippen LogP contribution in [-0.4, -0.2) is 12.1 Å². The number of methoxy groups -OCH3 is 1. The minimum absolute atomic E-state index is 0.640. The summed E-state index contributed by atoms with van der Waals surface area (Å²) in [5.41, 5.74) is 0.986. The third-order valence-electron chi connectivity index (χ3n) is 1.55. The smallest absolute Gasteiger partial charge is 0.228 e. The second-order valence-electron chi connectivity index (χ2n) is 2.28. The van der Waals surface area contributed by atoms with Crippen LogP contribution in [0.4, 0.5) is 0 Å². The third kappa shape index (κ3) is 1.21. The van der Waals surface area contributed by atoms with Gasteiger partial charge in [-0.2, -0.15) is 0 Å². The zero-order valence-corrected chi connectivity index (χ0v) is 8.78. The minimum atomic E-state index is 0.640. The Morgan fingerprint density at radius 2 is 2.42 bits per heavy atom. The quantitative estimate of drug-likeness (QED) is 0.769. The van der Waals surface area contributed by atoms with Crippen LogP contribution in [0.5, 0.6) is 5.88 Å². The van der Waals surface area contributed by atoms with Gasteiger partial charge in [-0.1, -0.05) is 0 Å². The summed E-state index contributed by atoms with van der Waals surface area (Å²) < 4.78 is 7.14. The first kappa shape index (κ1) is 8.01. The number of aromatic nitrogens is 1. The molecule has 0 aliphatic rings. The molecule has 0 saturated heterocycles. The van der Waals surface area contributed by atoms with Crippen LogP contribution in [0.15, 0.2) is 22.0 Å². The van der Waals surface area contributed by atoms with E-state index in [2.05, 4.69) is 20.9 Å². The molecule has 2 aromatic heterocycles. The van der Waals surface area contributed by atoms with Crippen LogP contribution in [0, 0.1) is 0 Å². The molecule has 0 unspecified atom stereocenters. The van der Waals surface area contributed by atoms with Crippen LogP contribution in [0.25, 0.3) is 10.2 Å². The van der Waals surface area contributed by atoms with Gasteiger partial charge in [0, 0.05) is 0 Å². The number of ether oxygens (including phenoxy) is 1. The first-order valence-corrected chi connectivity index (χ1v) is 5.06. The van der Waals surface area contributed by atoms with Crippen molar-refractivity contribution in [2.75, 3.05) is 7.11 Å². The molecule has 2 rings (SSSR count). The van der Waals surface area contributed by atoms with Gasteiger partial charge >= 0.3 is 0 Å². The maximum Gasteiger partial charge on any atom is 0.228 e. The molecular formula is C8H6BrNOS. The summed E-state index contributed by atoms with van der Waals surface area (Å²) in [7, 11) is 1.62. The fourth-order valence-corrected chi connectivity index (χ4v) is 2.39. The van der Waals surface area contributed by atoms with Crippen LogP contribution >= 0.6 is 27.3 Å². The number of fused-ring (bicyclic) bond motifs is 1. The van der Waals surface area contributed by atoms with Crippen molar-refractivity contribution in [1.29, 1.82) is 0 Å². The topological polar surface area (TPSA) is 22.1 Å². The molecule has 0 aliphatic heterocycles. The fourth-order valence-electron chi connectivity index (χ4n) is 0.997. The molecule has 0 N–H and O–H groups in total. The highest BCUT2D eigenvalue weighted by Crippen LogP contribution is 2.29. The molecule has 2 heterocycles. The number of rotatable bonds is 1. The lowest BCUT2D eigenvalue weighted by atomic mass is 10.4. The van der Waals surface area contributed by atoms with Crippen molar-refractivity contribution < 1.29 is 4.74 Å². The largest absolute Gasteiger partial charge is 0.480 e. The summed E-state index contributed by atoms with van der Waals surface area (Å²) >= 11 is 5.05. The molecule has 0 fully saturated rings. The molecule has 0 spiro atoms. The number of hydrogen-bond donors (Lipinski definition) is 0. The van der Waals surface area contributed by atoms with Gasteiger partial charge < -0.3 is 4.74 Å². The predicted octanol–water partition coefficient (Wildman–Crippen LogP) is 3.07. The van der Waals surface area contributed by atoms with Crippen molar-refractivity contribution in [3.63, 3.8) is 0 Å². The Balaban J connectivity index is 2.73. The zero-order valence-electron chi connectivity index (χ0n) is 6.37. The van der Waals surface area contributed by atoms with Crippen molar-refractivity contribution in [2.24, 2.45) is 0 Å². The standard InChI is InChI=1S/C8H6BrNOS/c1-11-8-5(9)4-7-6(10-8)2-3-12-7/h2-4H,1H3. The van der Waals surface area contributed by atoms with Crippen LogP contribution < -0.4 is 4.74 Å². The maximum atomic E-state index is 5.07. The Labute approximate surface area is 82.3 Å². The lowest BCUT2D eigenvalue weighted by molar-refractivity contribution is 0.397. The average Bonchev–Trinajstić information content (AvgIpc) is 2.49. The summed E-state index contributed by atoms with van der Waals surface area (Å²) in [6, 6.07) is 4.00. The van der Waals surface area contributed by atoms with Gasteiger partial charge in [-0.15, -0.1) is 11.3 Å². The Bertz CT molecular complexity index is 412. The van der Waals surface area contributed by atoms with E-state index in [9.17, 15) is 0 Å². The van der Waals surface area contributed by atoms with E-state index < -0.39 is 0 Å². The second kappa shape index (κ2) is 3.03. The lowest BCUT2D eigenvalue weighted by Crippen LogP contribution is -1.87. The van der Waals surface area contributed by atoms with Crippen molar-refractivity contribution in [3.8, 4) is 5.88 Å². The van der Waals surface area contributed by atoms with E-state index in [0.717, 1.165) is 9.99 Å². The van der Waals surface area contributed by atoms with E-state index in [-0.39, 0.29) is 0 Å². The lowest BCUT2D eigenvalue weighted by Gasteiger charge is -2.00. The first-order valence-electron chi connectivity index (χ1n) is 3.39. The monoisotopic (exact) mass is 243 g/mol. The van der Waals surface area contributed by atoms with Crippen LogP contribution in [0.2, 0.25) is 0 Å². The van der Waals surface area contributed by atoms with E-state index >= 15 is 0 Å². The molecule has 0 saturated carbocycles. The maximum absolute atomic E-state index is 5.07. The SMILES string of the molecule is COc1nc2ccsc2cc1Br. The Hall–Kier alpha value is -0.610. The van der Waals surface area contributed by atoms with Gasteiger partial charge in [0.15, 0.2) is 0 Å². The van der Waals surface area contributed by atoms with Crippen LogP contribution in [0.1, 0.15) is 0 Å². The molecule has 0 atom stereocenters. The van der Waals surface area contributed by atoms with Gasteiger partial charge in [-0.3, -0.25) is 0 Å². The Morgan fingerprint density at radius 1 is 1.58 bits per heavy atom. The molecule has 2 nitrogen and oxygen atoms in total. The van der Waals surface area contributed by atoms with E-state index in [4.69, 9.17) is 4.74 Å². The van der Waals surface area contributed by atoms with Crippen molar-refractivity contribution >= 4 is 37.5 Å². The molecule has 0 radical (unpaired) electrons. The van der Waals surface area contributed by atoms with Crippen molar-refractivity contribution in [1.82, 2.24) is 4.98 Å². The summed E-state index contributed by atoms with van der Waals surface area (Å²) in [5.74, 6) is 0.640. The van der Waals surface area contributed by atoms with Crippen LogP contribution in [0.3, 0.4) is 0 Å². The zero-order chi connectivity index (χ0) is 8.55. The second-order valence-corrected chi connectivity index (χ2v) is 4.09. The fraction of sp³-hybridized carbons (Fsp3) is 0.125. The highest BCUT2D eigenvalue weighted by molar-refractivity contribution is 9.10. The predicted molar refractivity (Wildman–Crippen MR) is 53.9 cm³/mol. The number of pyridine rings is 1. The van der Waals surface area contributed by atoms with Crippen molar-refractivity contribution in [3.05, 3.63) is 22.0 Å². The molecule has 62 valence electrons. The number of halogens is 1. The Morgan fingerprint density at radius 3 is 3.17 bits per heavy atom. The van der Waals surface area contributed by atoms with E-state index in [1.807, 2.05) is 17.5 Å². The molecule has 0 aliphatic carbocycles. The van der Waals surface area contributed by atoms with Gasteiger partial charge in [0.25, 0.3) is 0 Å². The summed E-state index contributed by atoms with van der Waals surface area (Å²) in [6.45, 7) is 0. The average molecular weight is 244 g/mol. The first-order chi connectivity index (χ1) is 5.81. The highest BCUT2D eigenvalue weighted by Gasteiger charge is 2.04. The number of nitrogens with zero attached hydrogens (tertiary/aromatic N) is 1. The van der Waals surface area contributed by atoms with Crippen molar-refractivity contribution in [2.45, 2.75) is 0 Å². The summed E-state index contributed by atoms with van der Waals surface area (Å²) in [6.07, 6.45) is 0. The van der Waals surface area contributed by atoms with E-state index in [1.165, 1.54) is 4.70 Å². The third-order valence-corrected chi connectivity index (χ3v) is 2.97. The molecule has 2 aromatic rings. The number of hydrogen-bond acceptors (Lipinski definition) is 3. The molecule has 0 bridgehead atoms. The number of thiophene rings is 1. The summed E-state index contributed by atoms with van der Waals surface area (Å²) in [4.78, 5) is 4.29. The van der Waals surface area contributed by atoms with Crippen LogP contribution in [-0.2, 0) is 0 Å². The van der Waals surface area contributed by atoms with Gasteiger partial charge in [0.1, 0.15) is 0 Å². The molecule has 0 amide bonds. The highest BCUT2D eigenvalue weighted by atomic mass is 79.9. The summed E-state index contributed by atoms with van der Waals surface area (Å²) in [5, 5.41) is 2.02. The van der Waals surface area contributed by atoms with Gasteiger partial charge in [0.2, 0.25) is 5.88 Å². The van der Waals surface area contributed by atoms with E-state index in [1.54, 1.807) is 18.4 Å². The van der Waals surface area contributed by atoms with E-state index in [0.29, 0.717) is 5.88 Å².